The number of rotatable bonds is 4. The maximum absolute atomic E-state index is 10.8. The highest BCUT2D eigenvalue weighted by Crippen LogP contribution is 2.19. The summed E-state index contributed by atoms with van der Waals surface area (Å²) in [5.74, 6) is -0.450. The topological polar surface area (TPSA) is 142 Å². The molecule has 2 unspecified atom stereocenters. The molecule has 0 aromatic heterocycles. The van der Waals surface area contributed by atoms with E-state index in [1.165, 1.54) is 6.92 Å². The summed E-state index contributed by atoms with van der Waals surface area (Å²) in [6.07, 6.45) is -3.58. The van der Waals surface area contributed by atoms with Crippen molar-refractivity contribution in [1.82, 2.24) is 5.32 Å². The van der Waals surface area contributed by atoms with Crippen LogP contribution in [0.25, 0.3) is 0 Å². The zero-order valence-electron chi connectivity index (χ0n) is 9.51. The summed E-state index contributed by atoms with van der Waals surface area (Å²) in [5, 5.41) is 21.5. The third-order valence-electron chi connectivity index (χ3n) is 2.33. The minimum atomic E-state index is -4.60. The van der Waals surface area contributed by atoms with E-state index in [9.17, 15) is 23.4 Å². The van der Waals surface area contributed by atoms with Crippen LogP contribution < -0.4 is 5.32 Å². The lowest BCUT2D eigenvalue weighted by Gasteiger charge is -2.36. The van der Waals surface area contributed by atoms with Gasteiger partial charge in [0.2, 0.25) is 5.91 Å². The zero-order valence-corrected chi connectivity index (χ0v) is 10.3. The molecule has 1 amide bonds. The molecule has 1 heterocycles. The normalized spacial score (nSPS) is 33.1. The summed E-state index contributed by atoms with van der Waals surface area (Å²) >= 11 is 0. The van der Waals surface area contributed by atoms with Crippen LogP contribution >= 0.6 is 0 Å². The van der Waals surface area contributed by atoms with Gasteiger partial charge < -0.3 is 20.3 Å². The Morgan fingerprint density at radius 1 is 1.50 bits per heavy atom. The van der Waals surface area contributed by atoms with Gasteiger partial charge in [-0.1, -0.05) is 0 Å². The fourth-order valence-corrected chi connectivity index (χ4v) is 1.94. The first-order chi connectivity index (χ1) is 8.19. The second-order valence-electron chi connectivity index (χ2n) is 3.89. The van der Waals surface area contributed by atoms with Crippen LogP contribution in [0.15, 0.2) is 0 Å². The molecule has 0 aromatic carbocycles. The smallest absolute Gasteiger partial charge is 0.391 e. The van der Waals surface area contributed by atoms with E-state index < -0.39 is 47.5 Å². The molecule has 18 heavy (non-hydrogen) atoms. The minimum absolute atomic E-state index is 0.0580. The molecule has 0 spiro atoms. The molecule has 1 aliphatic rings. The second kappa shape index (κ2) is 5.91. The Morgan fingerprint density at radius 3 is 2.56 bits per heavy atom. The van der Waals surface area contributed by atoms with Crippen molar-refractivity contribution < 1.29 is 36.9 Å². The molecule has 1 rings (SSSR count). The molecule has 0 aromatic rings. The number of aliphatic hydroxyl groups excluding tert-OH is 2. The molecule has 106 valence electrons. The minimum Gasteiger partial charge on any atom is -0.391 e. The van der Waals surface area contributed by atoms with Crippen molar-refractivity contribution in [3.05, 3.63) is 0 Å². The van der Waals surface area contributed by atoms with E-state index in [1.807, 2.05) is 0 Å². The Hall–Kier alpha value is -0.780. The average Bonchev–Trinajstić information content (AvgIpc) is 2.19. The van der Waals surface area contributed by atoms with Gasteiger partial charge in [-0.15, -0.1) is 0 Å². The standard InChI is InChI=1S/C8H15NO8S/c1-4(10)9-7-6(11)2-5(17-8(7)12)3-16-18(13,14)15/h5-8,11-12H,2-3H2,1H3,(H,9,10)(H,13,14,15)/t5?,6-,7?,8-/m1/s1. The van der Waals surface area contributed by atoms with Crippen molar-refractivity contribution in [3.8, 4) is 0 Å². The summed E-state index contributed by atoms with van der Waals surface area (Å²) < 4.78 is 38.1. The molecular formula is C8H15NO8S. The lowest BCUT2D eigenvalue weighted by molar-refractivity contribution is -0.213. The number of carbonyl (C=O) groups is 1. The van der Waals surface area contributed by atoms with Crippen molar-refractivity contribution in [2.45, 2.75) is 37.9 Å². The summed E-state index contributed by atoms with van der Waals surface area (Å²) in [5.41, 5.74) is 0. The van der Waals surface area contributed by atoms with Gasteiger partial charge in [0.15, 0.2) is 6.29 Å². The van der Waals surface area contributed by atoms with Gasteiger partial charge in [0.25, 0.3) is 0 Å². The van der Waals surface area contributed by atoms with E-state index in [2.05, 4.69) is 9.50 Å². The summed E-state index contributed by atoms with van der Waals surface area (Å²) in [7, 11) is -4.60. The predicted molar refractivity (Wildman–Crippen MR) is 56.6 cm³/mol. The largest absolute Gasteiger partial charge is 0.397 e. The van der Waals surface area contributed by atoms with E-state index in [0.717, 1.165) is 0 Å². The molecule has 0 aliphatic carbocycles. The first-order valence-corrected chi connectivity index (χ1v) is 6.46. The maximum Gasteiger partial charge on any atom is 0.397 e. The van der Waals surface area contributed by atoms with E-state index >= 15 is 0 Å². The molecule has 0 bridgehead atoms. The van der Waals surface area contributed by atoms with Crippen molar-refractivity contribution in [1.29, 1.82) is 0 Å². The van der Waals surface area contributed by atoms with Gasteiger partial charge in [-0.3, -0.25) is 9.35 Å². The highest BCUT2D eigenvalue weighted by Gasteiger charge is 2.37. The van der Waals surface area contributed by atoms with E-state index in [4.69, 9.17) is 9.29 Å². The Bertz CT molecular complexity index is 384. The Morgan fingerprint density at radius 2 is 2.11 bits per heavy atom. The van der Waals surface area contributed by atoms with Crippen LogP contribution in [0, 0.1) is 0 Å². The van der Waals surface area contributed by atoms with Crippen molar-refractivity contribution in [3.63, 3.8) is 0 Å². The monoisotopic (exact) mass is 285 g/mol. The molecule has 1 aliphatic heterocycles. The summed E-state index contributed by atoms with van der Waals surface area (Å²) in [6, 6.07) is -0.996. The average molecular weight is 285 g/mol. The van der Waals surface area contributed by atoms with Crippen molar-refractivity contribution in [2.75, 3.05) is 6.61 Å². The fraction of sp³-hybridized carbons (Fsp3) is 0.875. The number of carbonyl (C=O) groups excluding carboxylic acids is 1. The first-order valence-electron chi connectivity index (χ1n) is 5.09. The van der Waals surface area contributed by atoms with Gasteiger partial charge in [-0.2, -0.15) is 8.42 Å². The lowest BCUT2D eigenvalue weighted by Crippen LogP contribution is -2.57. The van der Waals surface area contributed by atoms with Crippen LogP contribution in [-0.2, 0) is 24.1 Å². The van der Waals surface area contributed by atoms with Gasteiger partial charge in [0.05, 0.1) is 18.8 Å². The number of hydrogen-bond acceptors (Lipinski definition) is 7. The number of ether oxygens (including phenoxy) is 1. The quantitative estimate of drug-likeness (QED) is 0.425. The molecule has 0 saturated carbocycles. The summed E-state index contributed by atoms with van der Waals surface area (Å²) in [4.78, 5) is 10.8. The van der Waals surface area contributed by atoms with Crippen LogP contribution in [0.1, 0.15) is 13.3 Å². The van der Waals surface area contributed by atoms with Crippen LogP contribution in [-0.4, -0.2) is 60.2 Å². The highest BCUT2D eigenvalue weighted by molar-refractivity contribution is 7.80. The van der Waals surface area contributed by atoms with E-state index in [1.54, 1.807) is 0 Å². The van der Waals surface area contributed by atoms with Gasteiger partial charge in [0, 0.05) is 13.3 Å². The predicted octanol–water partition coefficient (Wildman–Crippen LogP) is -2.22. The third-order valence-corrected chi connectivity index (χ3v) is 2.76. The van der Waals surface area contributed by atoms with Crippen LogP contribution in [0.2, 0.25) is 0 Å². The van der Waals surface area contributed by atoms with Crippen molar-refractivity contribution in [2.24, 2.45) is 0 Å². The molecule has 4 N–H and O–H groups in total. The number of hydrogen-bond donors (Lipinski definition) is 4. The third kappa shape index (κ3) is 4.84. The lowest BCUT2D eigenvalue weighted by atomic mass is 10.0. The number of nitrogens with one attached hydrogen (secondary N) is 1. The Kier molecular flexibility index (Phi) is 5.01. The number of aliphatic hydroxyl groups is 2. The summed E-state index contributed by atoms with van der Waals surface area (Å²) in [6.45, 7) is 0.673. The molecule has 9 nitrogen and oxygen atoms in total. The second-order valence-corrected chi connectivity index (χ2v) is 4.98. The van der Waals surface area contributed by atoms with E-state index in [0.29, 0.717) is 0 Å². The van der Waals surface area contributed by atoms with Crippen LogP contribution in [0.4, 0.5) is 0 Å². The van der Waals surface area contributed by atoms with Crippen LogP contribution in [0.3, 0.4) is 0 Å². The van der Waals surface area contributed by atoms with Crippen molar-refractivity contribution >= 4 is 16.3 Å². The van der Waals surface area contributed by atoms with Gasteiger partial charge in [-0.05, 0) is 0 Å². The molecule has 4 atom stereocenters. The maximum atomic E-state index is 10.8. The molecular weight excluding hydrogens is 270 g/mol. The Labute approximate surface area is 104 Å². The first kappa shape index (κ1) is 15.3. The zero-order chi connectivity index (χ0) is 13.9. The fourth-order valence-electron chi connectivity index (χ4n) is 1.61. The van der Waals surface area contributed by atoms with Crippen LogP contribution in [0.5, 0.6) is 0 Å². The van der Waals surface area contributed by atoms with Gasteiger partial charge in [0.1, 0.15) is 6.04 Å². The highest BCUT2D eigenvalue weighted by atomic mass is 32.3. The van der Waals surface area contributed by atoms with Gasteiger partial charge in [-0.25, -0.2) is 4.18 Å². The molecule has 0 radical (unpaired) electrons. The van der Waals surface area contributed by atoms with Gasteiger partial charge >= 0.3 is 10.4 Å². The molecule has 10 heteroatoms. The number of amides is 1. The SMILES string of the molecule is CC(=O)NC1[C@H](O)CC(COS(=O)(=O)O)O[C@H]1O. The van der Waals surface area contributed by atoms with E-state index in [-0.39, 0.29) is 6.42 Å². The Balaban J connectivity index is 2.53. The molecule has 1 saturated heterocycles. The molecule has 1 fully saturated rings.